The highest BCUT2D eigenvalue weighted by Gasteiger charge is 1.95. The minimum absolute atomic E-state index is 0.539. The summed E-state index contributed by atoms with van der Waals surface area (Å²) in [6.45, 7) is 8.01. The summed E-state index contributed by atoms with van der Waals surface area (Å²) in [7, 11) is 1.66. The van der Waals surface area contributed by atoms with E-state index in [0.717, 1.165) is 6.42 Å². The van der Waals surface area contributed by atoms with Crippen LogP contribution < -0.4 is 0 Å². The molecule has 0 aromatic rings. The van der Waals surface area contributed by atoms with Gasteiger partial charge in [0.1, 0.15) is 0 Å². The summed E-state index contributed by atoms with van der Waals surface area (Å²) in [6.07, 6.45) is 4.79. The highest BCUT2D eigenvalue weighted by molar-refractivity contribution is 4.94. The lowest BCUT2D eigenvalue weighted by Crippen LogP contribution is -1.89. The van der Waals surface area contributed by atoms with Crippen LogP contribution in [0.3, 0.4) is 0 Å². The second-order valence-electron chi connectivity index (χ2n) is 2.70. The van der Waals surface area contributed by atoms with Gasteiger partial charge in [-0.3, -0.25) is 0 Å². The molecular weight excluding hydrogens is 124 g/mol. The molecule has 0 saturated carbocycles. The van der Waals surface area contributed by atoms with E-state index in [4.69, 9.17) is 4.74 Å². The van der Waals surface area contributed by atoms with Gasteiger partial charge in [-0.05, 0) is 25.3 Å². The maximum atomic E-state index is 4.78. The molecule has 0 aliphatic carbocycles. The Bertz CT molecular complexity index is 125. The molecule has 0 spiro atoms. The Kier molecular flexibility index (Phi) is 4.73. The molecule has 10 heavy (non-hydrogen) atoms. The molecule has 0 amide bonds. The van der Waals surface area contributed by atoms with Gasteiger partial charge in [0, 0.05) is 0 Å². The number of methoxy groups -OCH3 is 1. The molecule has 0 heterocycles. The van der Waals surface area contributed by atoms with E-state index in [-0.39, 0.29) is 0 Å². The zero-order valence-electron chi connectivity index (χ0n) is 7.05. The number of rotatable bonds is 4. The molecule has 1 heteroatoms. The molecule has 0 N–H and O–H groups in total. The molecule has 0 rings (SSSR count). The number of hydrogen-bond donors (Lipinski definition) is 0. The van der Waals surface area contributed by atoms with Crippen LogP contribution in [0.1, 0.15) is 20.3 Å². The highest BCUT2D eigenvalue weighted by Crippen LogP contribution is 2.09. The van der Waals surface area contributed by atoms with Gasteiger partial charge in [0.25, 0.3) is 0 Å². The molecule has 0 fully saturated rings. The lowest BCUT2D eigenvalue weighted by Gasteiger charge is -2.03. The van der Waals surface area contributed by atoms with Crippen LogP contribution in [-0.2, 0) is 4.74 Å². The van der Waals surface area contributed by atoms with Gasteiger partial charge < -0.3 is 4.74 Å². The van der Waals surface area contributed by atoms with Crippen molar-refractivity contribution in [2.45, 2.75) is 20.3 Å². The van der Waals surface area contributed by atoms with E-state index in [1.54, 1.807) is 13.4 Å². The number of ether oxygens (including phenoxy) is 1. The largest absolute Gasteiger partial charge is 0.505 e. The van der Waals surface area contributed by atoms with Crippen molar-refractivity contribution in [2.75, 3.05) is 7.11 Å². The zero-order valence-corrected chi connectivity index (χ0v) is 7.05. The third kappa shape index (κ3) is 5.42. The van der Waals surface area contributed by atoms with Crippen molar-refractivity contribution in [3.63, 3.8) is 0 Å². The van der Waals surface area contributed by atoms with Crippen molar-refractivity contribution >= 4 is 0 Å². The normalized spacial score (nSPS) is 13.5. The van der Waals surface area contributed by atoms with E-state index >= 15 is 0 Å². The van der Waals surface area contributed by atoms with Gasteiger partial charge in [0.15, 0.2) is 0 Å². The molecular formula is C9H16O. The molecule has 0 aromatic heterocycles. The summed E-state index contributed by atoms with van der Waals surface area (Å²) in [5.74, 6) is 0.539. The Morgan fingerprint density at radius 1 is 1.70 bits per heavy atom. The Labute approximate surface area is 63.4 Å². The number of allylic oxidation sites excluding steroid dienone is 2. The van der Waals surface area contributed by atoms with E-state index < -0.39 is 0 Å². The molecule has 0 aromatic carbocycles. The molecule has 58 valence electrons. The van der Waals surface area contributed by atoms with Crippen LogP contribution in [-0.4, -0.2) is 7.11 Å². The predicted molar refractivity (Wildman–Crippen MR) is 44.7 cm³/mol. The first-order valence-corrected chi connectivity index (χ1v) is 3.50. The molecule has 0 saturated heterocycles. The fourth-order valence-electron chi connectivity index (χ4n) is 0.830. The second kappa shape index (κ2) is 5.10. The molecule has 1 nitrogen and oxygen atoms in total. The Morgan fingerprint density at radius 2 is 2.30 bits per heavy atom. The quantitative estimate of drug-likeness (QED) is 0.431. The second-order valence-corrected chi connectivity index (χ2v) is 2.70. The summed E-state index contributed by atoms with van der Waals surface area (Å²) in [4.78, 5) is 0. The number of hydrogen-bond acceptors (Lipinski definition) is 1. The smallest absolute Gasteiger partial charge is 0.0787 e. The van der Waals surface area contributed by atoms with Gasteiger partial charge in [-0.1, -0.05) is 12.5 Å². The summed E-state index contributed by atoms with van der Waals surface area (Å²) in [6, 6.07) is 0. The first-order valence-electron chi connectivity index (χ1n) is 3.50. The van der Waals surface area contributed by atoms with Crippen LogP contribution >= 0.6 is 0 Å². The zero-order chi connectivity index (χ0) is 7.98. The molecule has 0 bridgehead atoms. The van der Waals surface area contributed by atoms with Crippen molar-refractivity contribution in [1.82, 2.24) is 0 Å². The van der Waals surface area contributed by atoms with Crippen LogP contribution in [0.25, 0.3) is 0 Å². The standard InChI is InChI=1S/C9H16O/c1-8(2)7-9(3)5-6-10-4/h5-6,9H,1,7H2,2-4H3/b6-5-. The van der Waals surface area contributed by atoms with Crippen molar-refractivity contribution in [1.29, 1.82) is 0 Å². The molecule has 0 radical (unpaired) electrons. The highest BCUT2D eigenvalue weighted by atomic mass is 16.5. The van der Waals surface area contributed by atoms with Crippen LogP contribution in [0.4, 0.5) is 0 Å². The molecule has 0 aliphatic heterocycles. The minimum Gasteiger partial charge on any atom is -0.505 e. The van der Waals surface area contributed by atoms with Gasteiger partial charge in [-0.2, -0.15) is 0 Å². The molecule has 1 unspecified atom stereocenters. The first kappa shape index (κ1) is 9.28. The van der Waals surface area contributed by atoms with Crippen LogP contribution in [0, 0.1) is 5.92 Å². The monoisotopic (exact) mass is 140 g/mol. The maximum Gasteiger partial charge on any atom is 0.0787 e. The maximum absolute atomic E-state index is 4.78. The fraction of sp³-hybridized carbons (Fsp3) is 0.556. The Morgan fingerprint density at radius 3 is 2.70 bits per heavy atom. The summed E-state index contributed by atoms with van der Waals surface area (Å²) in [5, 5.41) is 0. The van der Waals surface area contributed by atoms with Gasteiger partial charge in [-0.15, -0.1) is 6.58 Å². The summed E-state index contributed by atoms with van der Waals surface area (Å²) >= 11 is 0. The summed E-state index contributed by atoms with van der Waals surface area (Å²) in [5.41, 5.74) is 1.22. The van der Waals surface area contributed by atoms with Crippen LogP contribution in [0.2, 0.25) is 0 Å². The van der Waals surface area contributed by atoms with Crippen molar-refractivity contribution < 1.29 is 4.74 Å². The third-order valence-electron chi connectivity index (χ3n) is 1.21. The fourth-order valence-corrected chi connectivity index (χ4v) is 0.830. The van der Waals surface area contributed by atoms with Crippen molar-refractivity contribution in [2.24, 2.45) is 5.92 Å². The predicted octanol–water partition coefficient (Wildman–Crippen LogP) is 2.75. The van der Waals surface area contributed by atoms with E-state index in [2.05, 4.69) is 13.5 Å². The van der Waals surface area contributed by atoms with Crippen LogP contribution in [0.5, 0.6) is 0 Å². The van der Waals surface area contributed by atoms with Gasteiger partial charge in [-0.25, -0.2) is 0 Å². The molecule has 0 aliphatic rings. The van der Waals surface area contributed by atoms with Crippen molar-refractivity contribution in [3.05, 3.63) is 24.5 Å². The van der Waals surface area contributed by atoms with E-state index in [1.165, 1.54) is 5.57 Å². The first-order chi connectivity index (χ1) is 4.66. The van der Waals surface area contributed by atoms with Gasteiger partial charge >= 0.3 is 0 Å². The van der Waals surface area contributed by atoms with E-state index in [0.29, 0.717) is 5.92 Å². The van der Waals surface area contributed by atoms with Gasteiger partial charge in [0.05, 0.1) is 13.4 Å². The lowest BCUT2D eigenvalue weighted by molar-refractivity contribution is 0.334. The van der Waals surface area contributed by atoms with E-state index in [1.807, 2.05) is 13.0 Å². The molecule has 1 atom stereocenters. The van der Waals surface area contributed by atoms with E-state index in [9.17, 15) is 0 Å². The van der Waals surface area contributed by atoms with Crippen molar-refractivity contribution in [3.8, 4) is 0 Å². The topological polar surface area (TPSA) is 9.23 Å². The third-order valence-corrected chi connectivity index (χ3v) is 1.21. The average molecular weight is 140 g/mol. The SMILES string of the molecule is C=C(C)CC(C)/C=C\OC. The lowest BCUT2D eigenvalue weighted by atomic mass is 10.0. The Balaban J connectivity index is 3.52. The van der Waals surface area contributed by atoms with Crippen LogP contribution in [0.15, 0.2) is 24.5 Å². The minimum atomic E-state index is 0.539. The Hall–Kier alpha value is -0.720. The van der Waals surface area contributed by atoms with Gasteiger partial charge in [0.2, 0.25) is 0 Å². The average Bonchev–Trinajstić information content (AvgIpc) is 1.82. The summed E-state index contributed by atoms with van der Waals surface area (Å²) < 4.78 is 4.78.